The molecule has 8 heteroatoms. The molecule has 0 spiro atoms. The normalized spacial score (nSPS) is 14.2. The van der Waals surface area contributed by atoms with Crippen molar-refractivity contribution < 1.29 is 9.90 Å². The van der Waals surface area contributed by atoms with Gasteiger partial charge in [-0.25, -0.2) is 0 Å². The number of amides is 1. The third-order valence-corrected chi connectivity index (χ3v) is 4.88. The Kier molecular flexibility index (Phi) is 8.56. The molecular weight excluding hydrogens is 481 g/mol. The Hall–Kier alpha value is -2.49. The smallest absolute Gasteiger partial charge is 0.251 e. The molecule has 1 amide bonds. The topological polar surface area (TPSA) is 80.2 Å². The van der Waals surface area contributed by atoms with Gasteiger partial charge in [0.1, 0.15) is 5.75 Å². The first-order valence-corrected chi connectivity index (χ1v) is 9.42. The highest BCUT2D eigenvalue weighted by atomic mass is 127. The molecule has 1 saturated heterocycles. The Bertz CT molecular complexity index is 850. The van der Waals surface area contributed by atoms with Crippen molar-refractivity contribution in [2.24, 2.45) is 4.99 Å². The van der Waals surface area contributed by atoms with Crippen LogP contribution in [0.1, 0.15) is 15.9 Å². The van der Waals surface area contributed by atoms with Gasteiger partial charge in [-0.3, -0.25) is 9.79 Å². The van der Waals surface area contributed by atoms with E-state index in [4.69, 9.17) is 0 Å². The van der Waals surface area contributed by atoms with Crippen LogP contribution in [0.2, 0.25) is 0 Å². The molecule has 0 unspecified atom stereocenters. The van der Waals surface area contributed by atoms with E-state index in [1.54, 1.807) is 26.2 Å². The molecule has 1 heterocycles. The van der Waals surface area contributed by atoms with E-state index in [0.717, 1.165) is 43.4 Å². The number of carbonyl (C=O) groups is 1. The van der Waals surface area contributed by atoms with Crippen LogP contribution in [-0.4, -0.2) is 62.1 Å². The molecule has 3 N–H and O–H groups in total. The molecule has 2 aromatic rings. The Labute approximate surface area is 188 Å². The highest BCUT2D eigenvalue weighted by Gasteiger charge is 2.21. The summed E-state index contributed by atoms with van der Waals surface area (Å²) in [7, 11) is 3.41. The van der Waals surface area contributed by atoms with Gasteiger partial charge in [0, 0.05) is 52.4 Å². The molecule has 0 radical (unpaired) electrons. The van der Waals surface area contributed by atoms with Crippen molar-refractivity contribution in [3.8, 4) is 5.75 Å². The second-order valence-electron chi connectivity index (χ2n) is 6.64. The van der Waals surface area contributed by atoms with Crippen molar-refractivity contribution in [3.05, 3.63) is 59.7 Å². The molecule has 7 nitrogen and oxygen atoms in total. The summed E-state index contributed by atoms with van der Waals surface area (Å²) >= 11 is 0. The Balaban J connectivity index is 0.00000300. The van der Waals surface area contributed by atoms with E-state index in [9.17, 15) is 9.90 Å². The largest absolute Gasteiger partial charge is 0.506 e. The summed E-state index contributed by atoms with van der Waals surface area (Å²) in [6.07, 6.45) is 0. The second-order valence-corrected chi connectivity index (χ2v) is 6.64. The average Bonchev–Trinajstić information content (AvgIpc) is 2.74. The summed E-state index contributed by atoms with van der Waals surface area (Å²) < 4.78 is 0. The lowest BCUT2D eigenvalue weighted by atomic mass is 10.1. The lowest BCUT2D eigenvalue weighted by Gasteiger charge is -2.37. The molecule has 2 aromatic carbocycles. The zero-order valence-electron chi connectivity index (χ0n) is 16.8. The van der Waals surface area contributed by atoms with Gasteiger partial charge >= 0.3 is 0 Å². The van der Waals surface area contributed by atoms with Crippen LogP contribution in [0.15, 0.2) is 53.5 Å². The first kappa shape index (κ1) is 22.8. The predicted molar refractivity (Wildman–Crippen MR) is 127 cm³/mol. The fraction of sp³-hybridized carbons (Fsp3) is 0.333. The van der Waals surface area contributed by atoms with E-state index >= 15 is 0 Å². The van der Waals surface area contributed by atoms with Crippen LogP contribution in [0.5, 0.6) is 5.75 Å². The van der Waals surface area contributed by atoms with Gasteiger partial charge in [-0.1, -0.05) is 24.3 Å². The van der Waals surface area contributed by atoms with Crippen LogP contribution in [0, 0.1) is 0 Å². The van der Waals surface area contributed by atoms with Crippen molar-refractivity contribution in [1.29, 1.82) is 0 Å². The zero-order valence-corrected chi connectivity index (χ0v) is 19.1. The van der Waals surface area contributed by atoms with Gasteiger partial charge in [0.2, 0.25) is 0 Å². The molecule has 29 heavy (non-hydrogen) atoms. The van der Waals surface area contributed by atoms with Gasteiger partial charge in [-0.05, 0) is 29.8 Å². The number of phenols is 1. The zero-order chi connectivity index (χ0) is 19.9. The van der Waals surface area contributed by atoms with E-state index in [0.29, 0.717) is 17.9 Å². The van der Waals surface area contributed by atoms with Crippen LogP contribution < -0.4 is 15.5 Å². The molecule has 1 fully saturated rings. The summed E-state index contributed by atoms with van der Waals surface area (Å²) in [4.78, 5) is 20.6. The number of carbonyl (C=O) groups excluding carboxylic acids is 1. The second kappa shape index (κ2) is 10.9. The fourth-order valence-corrected chi connectivity index (χ4v) is 3.37. The Morgan fingerprint density at radius 1 is 1.10 bits per heavy atom. The van der Waals surface area contributed by atoms with Gasteiger partial charge in [-0.2, -0.15) is 0 Å². The number of hydrogen-bond acceptors (Lipinski definition) is 4. The van der Waals surface area contributed by atoms with Crippen LogP contribution >= 0.6 is 24.0 Å². The van der Waals surface area contributed by atoms with Crippen molar-refractivity contribution in [1.82, 2.24) is 15.5 Å². The number of nitrogens with zero attached hydrogens (tertiary/aromatic N) is 3. The van der Waals surface area contributed by atoms with E-state index < -0.39 is 0 Å². The summed E-state index contributed by atoms with van der Waals surface area (Å²) in [5.74, 6) is 1.06. The number of hydrogen-bond donors (Lipinski definition) is 3. The van der Waals surface area contributed by atoms with Crippen LogP contribution in [0.25, 0.3) is 0 Å². The third kappa shape index (κ3) is 5.75. The number of rotatable bonds is 4. The minimum Gasteiger partial charge on any atom is -0.506 e. The van der Waals surface area contributed by atoms with Crippen molar-refractivity contribution >= 4 is 41.5 Å². The molecule has 0 saturated carbocycles. The van der Waals surface area contributed by atoms with Crippen LogP contribution in [0.4, 0.5) is 5.69 Å². The highest BCUT2D eigenvalue weighted by Crippen LogP contribution is 2.27. The maximum Gasteiger partial charge on any atom is 0.251 e. The Morgan fingerprint density at radius 2 is 1.83 bits per heavy atom. The molecule has 3 rings (SSSR count). The molecule has 1 aliphatic rings. The molecule has 0 atom stereocenters. The fourth-order valence-electron chi connectivity index (χ4n) is 3.37. The van der Waals surface area contributed by atoms with Crippen molar-refractivity contribution in [3.63, 3.8) is 0 Å². The number of benzene rings is 2. The summed E-state index contributed by atoms with van der Waals surface area (Å²) in [5, 5.41) is 16.1. The summed E-state index contributed by atoms with van der Waals surface area (Å²) in [5.41, 5.74) is 2.54. The number of guanidine groups is 1. The molecule has 1 aliphatic heterocycles. The first-order valence-electron chi connectivity index (χ1n) is 9.42. The van der Waals surface area contributed by atoms with Crippen molar-refractivity contribution in [2.45, 2.75) is 6.54 Å². The number of aromatic hydroxyl groups is 1. The van der Waals surface area contributed by atoms with E-state index in [1.807, 2.05) is 36.4 Å². The lowest BCUT2D eigenvalue weighted by molar-refractivity contribution is 0.0963. The quantitative estimate of drug-likeness (QED) is 0.335. The Morgan fingerprint density at radius 3 is 2.48 bits per heavy atom. The van der Waals surface area contributed by atoms with Crippen molar-refractivity contribution in [2.75, 3.05) is 45.2 Å². The van der Waals surface area contributed by atoms with E-state index in [1.165, 1.54) is 0 Å². The molecule has 156 valence electrons. The number of anilines is 1. The minimum absolute atomic E-state index is 0. The number of halogens is 1. The van der Waals surface area contributed by atoms with Gasteiger partial charge < -0.3 is 25.5 Å². The highest BCUT2D eigenvalue weighted by molar-refractivity contribution is 14.0. The summed E-state index contributed by atoms with van der Waals surface area (Å²) in [6.45, 7) is 3.84. The maximum atomic E-state index is 11.8. The van der Waals surface area contributed by atoms with Crippen LogP contribution in [0.3, 0.4) is 0 Å². The number of phenolic OH excluding ortho intramolecular Hbond substituents is 1. The summed E-state index contributed by atoms with van der Waals surface area (Å²) in [6, 6.07) is 15.0. The lowest BCUT2D eigenvalue weighted by Crippen LogP contribution is -2.52. The van der Waals surface area contributed by atoms with Gasteiger partial charge in [0.25, 0.3) is 5.91 Å². The SMILES string of the molecule is CN=C(NCc1cccc(C(=O)NC)c1)N1CCN(c2ccccc2O)CC1.I. The molecule has 0 bridgehead atoms. The number of para-hydroxylation sites is 2. The standard InChI is InChI=1S/C21H27N5O2.HI/c1-22-20(28)17-7-5-6-16(14-17)15-24-21(23-2)26-12-10-25(11-13-26)18-8-3-4-9-19(18)27;/h3-9,14,27H,10-13,15H2,1-2H3,(H,22,28)(H,23,24);1H. The average molecular weight is 509 g/mol. The molecular formula is C21H28IN5O2. The van der Waals surface area contributed by atoms with Crippen LogP contribution in [-0.2, 0) is 6.54 Å². The minimum atomic E-state index is -0.0912. The number of piperazine rings is 1. The molecule has 0 aromatic heterocycles. The van der Waals surface area contributed by atoms with Gasteiger partial charge in [-0.15, -0.1) is 24.0 Å². The van der Waals surface area contributed by atoms with E-state index in [-0.39, 0.29) is 29.9 Å². The van der Waals surface area contributed by atoms with Gasteiger partial charge in [0.05, 0.1) is 5.69 Å². The predicted octanol–water partition coefficient (Wildman–Crippen LogP) is 2.27. The monoisotopic (exact) mass is 509 g/mol. The third-order valence-electron chi connectivity index (χ3n) is 4.88. The molecule has 0 aliphatic carbocycles. The van der Waals surface area contributed by atoms with E-state index in [2.05, 4.69) is 25.4 Å². The first-order chi connectivity index (χ1) is 13.6. The maximum absolute atomic E-state index is 11.8. The van der Waals surface area contributed by atoms with Gasteiger partial charge in [0.15, 0.2) is 5.96 Å². The number of aliphatic imine (C=N–C) groups is 1. The number of nitrogens with one attached hydrogen (secondary N) is 2.